The number of amides is 2. The van der Waals surface area contributed by atoms with E-state index in [1.165, 1.54) is 0 Å². The first-order chi connectivity index (χ1) is 9.74. The van der Waals surface area contributed by atoms with Gasteiger partial charge in [0.1, 0.15) is 5.75 Å². The third-order valence-electron chi connectivity index (χ3n) is 3.67. The molecule has 0 radical (unpaired) electrons. The molecule has 1 saturated heterocycles. The van der Waals surface area contributed by atoms with Gasteiger partial charge in [0, 0.05) is 24.3 Å². The van der Waals surface area contributed by atoms with Crippen LogP contribution in [0.25, 0.3) is 0 Å². The number of nitrogens with one attached hydrogen (secondary N) is 2. The maximum absolute atomic E-state index is 12.4. The molecular weight excluding hydrogens is 254 g/mol. The minimum Gasteiger partial charge on any atom is -0.497 e. The molecule has 0 saturated carbocycles. The van der Waals surface area contributed by atoms with E-state index in [4.69, 9.17) is 4.74 Å². The first kappa shape index (κ1) is 14.7. The lowest BCUT2D eigenvalue weighted by Gasteiger charge is -2.33. The van der Waals surface area contributed by atoms with Gasteiger partial charge in [-0.2, -0.15) is 0 Å². The van der Waals surface area contributed by atoms with Gasteiger partial charge >= 0.3 is 6.03 Å². The van der Waals surface area contributed by atoms with Crippen LogP contribution in [0.5, 0.6) is 5.75 Å². The van der Waals surface area contributed by atoms with E-state index >= 15 is 0 Å². The highest BCUT2D eigenvalue weighted by molar-refractivity contribution is 5.89. The normalized spacial score (nSPS) is 15.7. The van der Waals surface area contributed by atoms with Gasteiger partial charge in [-0.05, 0) is 45.0 Å². The predicted molar refractivity (Wildman–Crippen MR) is 80.3 cm³/mol. The van der Waals surface area contributed by atoms with E-state index in [0.29, 0.717) is 6.04 Å². The zero-order valence-corrected chi connectivity index (χ0v) is 12.2. The number of anilines is 1. The summed E-state index contributed by atoms with van der Waals surface area (Å²) < 4.78 is 5.17. The summed E-state index contributed by atoms with van der Waals surface area (Å²) in [5.74, 6) is 0.743. The van der Waals surface area contributed by atoms with Crippen LogP contribution in [-0.4, -0.2) is 43.7 Å². The summed E-state index contributed by atoms with van der Waals surface area (Å²) in [5.41, 5.74) is 0.765. The number of urea groups is 1. The maximum atomic E-state index is 12.4. The molecule has 5 heteroatoms. The number of rotatable bonds is 4. The summed E-state index contributed by atoms with van der Waals surface area (Å²) in [4.78, 5) is 14.3. The van der Waals surface area contributed by atoms with Crippen LogP contribution in [0.15, 0.2) is 24.3 Å². The molecule has 1 aromatic carbocycles. The molecule has 0 aromatic heterocycles. The molecule has 1 aromatic rings. The average Bonchev–Trinajstić information content (AvgIpc) is 2.49. The Morgan fingerprint density at radius 3 is 2.85 bits per heavy atom. The molecule has 1 aliphatic heterocycles. The Balaban J connectivity index is 2.00. The van der Waals surface area contributed by atoms with Crippen LogP contribution in [0.3, 0.4) is 0 Å². The van der Waals surface area contributed by atoms with E-state index in [0.717, 1.165) is 43.9 Å². The van der Waals surface area contributed by atoms with Crippen LogP contribution in [0.4, 0.5) is 10.5 Å². The number of methoxy groups -OCH3 is 1. The predicted octanol–water partition coefficient (Wildman–Crippen LogP) is 2.30. The highest BCUT2D eigenvalue weighted by Gasteiger charge is 2.23. The molecule has 110 valence electrons. The number of hydrogen-bond acceptors (Lipinski definition) is 3. The molecule has 5 nitrogen and oxygen atoms in total. The fraction of sp³-hybridized carbons (Fsp3) is 0.533. The minimum atomic E-state index is -0.0346. The Kier molecular flexibility index (Phi) is 5.24. The topological polar surface area (TPSA) is 53.6 Å². The first-order valence-electron chi connectivity index (χ1n) is 7.17. The smallest absolute Gasteiger partial charge is 0.322 e. The van der Waals surface area contributed by atoms with E-state index in [-0.39, 0.29) is 6.03 Å². The van der Waals surface area contributed by atoms with Crippen molar-refractivity contribution in [3.8, 4) is 5.75 Å². The second-order valence-corrected chi connectivity index (χ2v) is 4.93. The van der Waals surface area contributed by atoms with Crippen LogP contribution in [-0.2, 0) is 0 Å². The molecule has 1 aliphatic rings. The fourth-order valence-corrected chi connectivity index (χ4v) is 2.58. The van der Waals surface area contributed by atoms with E-state index in [1.807, 2.05) is 36.1 Å². The van der Waals surface area contributed by atoms with Crippen molar-refractivity contribution in [2.24, 2.45) is 0 Å². The Labute approximate surface area is 120 Å². The molecule has 0 bridgehead atoms. The van der Waals surface area contributed by atoms with Crippen molar-refractivity contribution in [2.75, 3.05) is 32.1 Å². The number of carbonyl (C=O) groups is 1. The zero-order chi connectivity index (χ0) is 14.4. The van der Waals surface area contributed by atoms with Crippen LogP contribution in [0.2, 0.25) is 0 Å². The molecule has 0 aliphatic carbocycles. The lowest BCUT2D eigenvalue weighted by molar-refractivity contribution is 0.175. The molecule has 20 heavy (non-hydrogen) atoms. The summed E-state index contributed by atoms with van der Waals surface area (Å²) in [5, 5.41) is 6.27. The maximum Gasteiger partial charge on any atom is 0.322 e. The average molecular weight is 277 g/mol. The van der Waals surface area contributed by atoms with Gasteiger partial charge in [-0.3, -0.25) is 0 Å². The van der Waals surface area contributed by atoms with Crippen molar-refractivity contribution >= 4 is 11.7 Å². The Hall–Kier alpha value is -1.75. The number of ether oxygens (including phenoxy) is 1. The van der Waals surface area contributed by atoms with Crippen molar-refractivity contribution in [1.82, 2.24) is 10.2 Å². The molecule has 1 fully saturated rings. The minimum absolute atomic E-state index is 0.0346. The van der Waals surface area contributed by atoms with Gasteiger partial charge in [0.25, 0.3) is 0 Å². The lowest BCUT2D eigenvalue weighted by Crippen LogP contribution is -2.47. The second-order valence-electron chi connectivity index (χ2n) is 4.93. The van der Waals surface area contributed by atoms with E-state index in [9.17, 15) is 4.79 Å². The third kappa shape index (κ3) is 3.63. The number of piperidine rings is 1. The first-order valence-corrected chi connectivity index (χ1v) is 7.17. The molecule has 2 rings (SSSR count). The number of benzene rings is 1. The van der Waals surface area contributed by atoms with Crippen LogP contribution >= 0.6 is 0 Å². The van der Waals surface area contributed by atoms with Gasteiger partial charge in [0.15, 0.2) is 0 Å². The molecule has 0 spiro atoms. The van der Waals surface area contributed by atoms with Gasteiger partial charge in [-0.1, -0.05) is 6.07 Å². The van der Waals surface area contributed by atoms with Gasteiger partial charge in [0.05, 0.1) is 7.11 Å². The highest BCUT2D eigenvalue weighted by atomic mass is 16.5. The molecular formula is C15H23N3O2. The second kappa shape index (κ2) is 7.14. The van der Waals surface area contributed by atoms with Gasteiger partial charge in [0.2, 0.25) is 0 Å². The Bertz CT molecular complexity index is 444. The van der Waals surface area contributed by atoms with Gasteiger partial charge in [-0.15, -0.1) is 0 Å². The van der Waals surface area contributed by atoms with Crippen LogP contribution in [0.1, 0.15) is 19.8 Å². The SMILES string of the molecule is CCN(C(=O)Nc1cccc(OC)c1)C1CCNCC1. The molecule has 2 amide bonds. The standard InChI is InChI=1S/C15H23N3O2/c1-3-18(13-7-9-16-10-8-13)15(19)17-12-5-4-6-14(11-12)20-2/h4-6,11,13,16H,3,7-10H2,1-2H3,(H,17,19). The van der Waals surface area contributed by atoms with Crippen molar-refractivity contribution in [2.45, 2.75) is 25.8 Å². The number of carbonyl (C=O) groups excluding carboxylic acids is 1. The van der Waals surface area contributed by atoms with E-state index in [1.54, 1.807) is 7.11 Å². The van der Waals surface area contributed by atoms with Crippen molar-refractivity contribution in [3.05, 3.63) is 24.3 Å². The Morgan fingerprint density at radius 2 is 2.20 bits per heavy atom. The summed E-state index contributed by atoms with van der Waals surface area (Å²) in [7, 11) is 1.62. The molecule has 2 N–H and O–H groups in total. The number of hydrogen-bond donors (Lipinski definition) is 2. The van der Waals surface area contributed by atoms with Crippen LogP contribution < -0.4 is 15.4 Å². The van der Waals surface area contributed by atoms with Crippen molar-refractivity contribution < 1.29 is 9.53 Å². The largest absolute Gasteiger partial charge is 0.497 e. The molecule has 0 atom stereocenters. The fourth-order valence-electron chi connectivity index (χ4n) is 2.58. The highest BCUT2D eigenvalue weighted by Crippen LogP contribution is 2.18. The third-order valence-corrected chi connectivity index (χ3v) is 3.67. The van der Waals surface area contributed by atoms with Gasteiger partial charge in [-0.25, -0.2) is 4.79 Å². The van der Waals surface area contributed by atoms with Crippen molar-refractivity contribution in [1.29, 1.82) is 0 Å². The molecule has 0 unspecified atom stereocenters. The van der Waals surface area contributed by atoms with Crippen molar-refractivity contribution in [3.63, 3.8) is 0 Å². The molecule has 1 heterocycles. The summed E-state index contributed by atoms with van der Waals surface area (Å²) >= 11 is 0. The van der Waals surface area contributed by atoms with E-state index in [2.05, 4.69) is 10.6 Å². The monoisotopic (exact) mass is 277 g/mol. The van der Waals surface area contributed by atoms with E-state index < -0.39 is 0 Å². The summed E-state index contributed by atoms with van der Waals surface area (Å²) in [6, 6.07) is 7.72. The zero-order valence-electron chi connectivity index (χ0n) is 12.2. The number of nitrogens with zero attached hydrogens (tertiary/aromatic N) is 1. The van der Waals surface area contributed by atoms with Gasteiger partial charge < -0.3 is 20.3 Å². The van der Waals surface area contributed by atoms with Crippen LogP contribution in [0, 0.1) is 0 Å². The quantitative estimate of drug-likeness (QED) is 0.888. The summed E-state index contributed by atoms with van der Waals surface area (Å²) in [6.45, 7) is 4.70. The Morgan fingerprint density at radius 1 is 1.45 bits per heavy atom. The lowest BCUT2D eigenvalue weighted by atomic mass is 10.1. The summed E-state index contributed by atoms with van der Waals surface area (Å²) in [6.07, 6.45) is 2.03.